The number of esters is 1. The lowest BCUT2D eigenvalue weighted by Gasteiger charge is -2.22. The molecule has 0 saturated heterocycles. The summed E-state index contributed by atoms with van der Waals surface area (Å²) < 4.78 is 5.46. The van der Waals surface area contributed by atoms with Gasteiger partial charge < -0.3 is 20.3 Å². The largest absolute Gasteiger partial charge is 0.466 e. The third kappa shape index (κ3) is 47.7. The highest BCUT2D eigenvalue weighted by Gasteiger charge is 2.20. The summed E-state index contributed by atoms with van der Waals surface area (Å²) in [6.45, 7) is 4.89. The van der Waals surface area contributed by atoms with E-state index in [2.05, 4.69) is 43.5 Å². The van der Waals surface area contributed by atoms with E-state index >= 15 is 0 Å². The summed E-state index contributed by atoms with van der Waals surface area (Å²) in [7, 11) is 0. The number of ether oxygens (including phenoxy) is 1. The van der Waals surface area contributed by atoms with E-state index in [0.717, 1.165) is 77.0 Å². The number of nitrogens with one attached hydrogen (secondary N) is 1. The molecular weight excluding hydrogens is 755 g/mol. The molecule has 6 nitrogen and oxygen atoms in total. The molecule has 0 fully saturated rings. The molecule has 0 spiro atoms. The zero-order chi connectivity index (χ0) is 44.4. The van der Waals surface area contributed by atoms with Gasteiger partial charge in [0.05, 0.1) is 25.4 Å². The van der Waals surface area contributed by atoms with Crippen LogP contribution in [0.4, 0.5) is 0 Å². The third-order valence-corrected chi connectivity index (χ3v) is 12.5. The van der Waals surface area contributed by atoms with Crippen molar-refractivity contribution in [3.63, 3.8) is 0 Å². The van der Waals surface area contributed by atoms with Crippen LogP contribution in [-0.2, 0) is 14.3 Å². The summed E-state index contributed by atoms with van der Waals surface area (Å²) in [6.07, 6.45) is 60.1. The average Bonchev–Trinajstić information content (AvgIpc) is 3.26. The Hall–Kier alpha value is -1.66. The highest BCUT2D eigenvalue weighted by atomic mass is 16.5. The molecule has 1 amide bonds. The van der Waals surface area contributed by atoms with Crippen LogP contribution in [0.3, 0.4) is 0 Å². The lowest BCUT2D eigenvalue weighted by Crippen LogP contribution is -2.45. The van der Waals surface area contributed by atoms with E-state index in [1.807, 2.05) is 0 Å². The van der Waals surface area contributed by atoms with Crippen LogP contribution in [0.2, 0.25) is 0 Å². The molecule has 2 atom stereocenters. The minimum atomic E-state index is -0.680. The van der Waals surface area contributed by atoms with Gasteiger partial charge in [-0.15, -0.1) is 0 Å². The maximum absolute atomic E-state index is 12.4. The molecular formula is C55H105NO5. The predicted molar refractivity (Wildman–Crippen MR) is 264 cm³/mol. The lowest BCUT2D eigenvalue weighted by molar-refractivity contribution is -0.143. The summed E-state index contributed by atoms with van der Waals surface area (Å²) in [5.41, 5.74) is 0. The maximum Gasteiger partial charge on any atom is 0.305 e. The van der Waals surface area contributed by atoms with Crippen molar-refractivity contribution in [2.75, 3.05) is 13.2 Å². The van der Waals surface area contributed by atoms with Gasteiger partial charge in [0.15, 0.2) is 0 Å². The van der Waals surface area contributed by atoms with Crippen molar-refractivity contribution in [3.8, 4) is 0 Å². The van der Waals surface area contributed by atoms with E-state index in [1.54, 1.807) is 0 Å². The topological polar surface area (TPSA) is 95.9 Å². The molecule has 6 heteroatoms. The Bertz CT molecular complexity index is 951. The van der Waals surface area contributed by atoms with Gasteiger partial charge in [0, 0.05) is 12.8 Å². The fourth-order valence-corrected chi connectivity index (χ4v) is 8.28. The first-order chi connectivity index (χ1) is 30.0. The molecule has 360 valence electrons. The van der Waals surface area contributed by atoms with Crippen molar-refractivity contribution < 1.29 is 24.5 Å². The second-order valence-corrected chi connectivity index (χ2v) is 18.6. The zero-order valence-corrected chi connectivity index (χ0v) is 40.9. The normalized spacial score (nSPS) is 12.8. The number of amides is 1. The minimum Gasteiger partial charge on any atom is -0.466 e. The van der Waals surface area contributed by atoms with Gasteiger partial charge in [-0.2, -0.15) is 0 Å². The first kappa shape index (κ1) is 59.3. The number of rotatable bonds is 50. The summed E-state index contributed by atoms with van der Waals surface area (Å²) in [5.74, 6) is -0.0861. The summed E-state index contributed by atoms with van der Waals surface area (Å²) in [6, 6.07) is -0.560. The Kier molecular flexibility index (Phi) is 49.6. The van der Waals surface area contributed by atoms with Gasteiger partial charge in [-0.25, -0.2) is 0 Å². The first-order valence-electron chi connectivity index (χ1n) is 27.1. The summed E-state index contributed by atoms with van der Waals surface area (Å²) in [5, 5.41) is 23.2. The van der Waals surface area contributed by atoms with Crippen molar-refractivity contribution >= 4 is 11.9 Å². The molecule has 2 unspecified atom stereocenters. The van der Waals surface area contributed by atoms with Gasteiger partial charge in [0.25, 0.3) is 0 Å². The molecule has 3 N–H and O–H groups in total. The lowest BCUT2D eigenvalue weighted by atomic mass is 10.0. The summed E-state index contributed by atoms with van der Waals surface area (Å²) in [4.78, 5) is 24.5. The Balaban J connectivity index is 3.49. The van der Waals surface area contributed by atoms with Gasteiger partial charge in [0.2, 0.25) is 5.91 Å². The van der Waals surface area contributed by atoms with E-state index < -0.39 is 12.1 Å². The number of hydrogen-bond donors (Lipinski definition) is 3. The fraction of sp³-hybridized carbons (Fsp3) is 0.891. The number of carbonyl (C=O) groups is 2. The monoisotopic (exact) mass is 860 g/mol. The molecule has 0 aromatic rings. The third-order valence-electron chi connectivity index (χ3n) is 12.5. The molecule has 0 aliphatic rings. The first-order valence-corrected chi connectivity index (χ1v) is 27.1. The van der Waals surface area contributed by atoms with E-state index in [1.165, 1.54) is 180 Å². The Morgan fingerprint density at radius 2 is 0.770 bits per heavy atom. The number of carbonyl (C=O) groups excluding carboxylic acids is 2. The van der Waals surface area contributed by atoms with Gasteiger partial charge in [-0.1, -0.05) is 218 Å². The van der Waals surface area contributed by atoms with E-state index in [4.69, 9.17) is 4.74 Å². The molecule has 0 aliphatic heterocycles. The van der Waals surface area contributed by atoms with Crippen molar-refractivity contribution in [1.82, 2.24) is 5.32 Å². The van der Waals surface area contributed by atoms with Crippen molar-refractivity contribution in [3.05, 3.63) is 24.3 Å². The van der Waals surface area contributed by atoms with Gasteiger partial charge in [0.1, 0.15) is 0 Å². The molecule has 0 rings (SSSR count). The number of unbranched alkanes of at least 4 members (excludes halogenated alkanes) is 35. The molecule has 61 heavy (non-hydrogen) atoms. The molecule has 0 heterocycles. The van der Waals surface area contributed by atoms with Gasteiger partial charge in [-0.3, -0.25) is 9.59 Å². The van der Waals surface area contributed by atoms with Crippen LogP contribution < -0.4 is 5.32 Å². The predicted octanol–water partition coefficient (Wildman–Crippen LogP) is 16.3. The van der Waals surface area contributed by atoms with Crippen LogP contribution in [0.15, 0.2) is 24.3 Å². The van der Waals surface area contributed by atoms with Crippen LogP contribution in [-0.4, -0.2) is 47.4 Å². The number of aliphatic hydroxyl groups is 2. The van der Waals surface area contributed by atoms with Crippen LogP contribution in [0.5, 0.6) is 0 Å². The molecule has 0 radical (unpaired) electrons. The second-order valence-electron chi connectivity index (χ2n) is 18.6. The van der Waals surface area contributed by atoms with E-state index in [0.29, 0.717) is 25.9 Å². The highest BCUT2D eigenvalue weighted by molar-refractivity contribution is 5.76. The number of allylic oxidation sites excluding steroid dienone is 4. The standard InChI is InChI=1S/C55H105NO5/c1-3-5-7-9-11-13-15-17-19-20-21-22-24-29-33-37-41-45-49-55(60)61-50-46-42-38-34-30-26-25-28-32-36-40-44-48-54(59)56-52(51-57)53(58)47-43-39-35-31-27-23-18-16-14-12-10-8-6-4-2/h19-20,26,30,52-53,57-58H,3-18,21-25,27-29,31-51H2,1-2H3,(H,56,59)/b20-19-,30-26-. The molecule has 0 saturated carbocycles. The van der Waals surface area contributed by atoms with E-state index in [9.17, 15) is 19.8 Å². The highest BCUT2D eigenvalue weighted by Crippen LogP contribution is 2.16. The average molecular weight is 860 g/mol. The minimum absolute atomic E-state index is 0.0256. The zero-order valence-electron chi connectivity index (χ0n) is 40.9. The van der Waals surface area contributed by atoms with Crippen LogP contribution in [0, 0.1) is 0 Å². The maximum atomic E-state index is 12.4. The smallest absolute Gasteiger partial charge is 0.305 e. The van der Waals surface area contributed by atoms with Crippen molar-refractivity contribution in [1.29, 1.82) is 0 Å². The molecule has 0 aromatic carbocycles. The van der Waals surface area contributed by atoms with Crippen molar-refractivity contribution in [2.45, 2.75) is 302 Å². The summed E-state index contributed by atoms with van der Waals surface area (Å²) >= 11 is 0. The Morgan fingerprint density at radius 3 is 1.16 bits per heavy atom. The molecule has 0 aromatic heterocycles. The van der Waals surface area contributed by atoms with Crippen LogP contribution >= 0.6 is 0 Å². The number of hydrogen-bond acceptors (Lipinski definition) is 5. The Morgan fingerprint density at radius 1 is 0.443 bits per heavy atom. The van der Waals surface area contributed by atoms with Gasteiger partial charge in [-0.05, 0) is 83.5 Å². The Labute approximate surface area is 380 Å². The van der Waals surface area contributed by atoms with Crippen LogP contribution in [0.25, 0.3) is 0 Å². The fourth-order valence-electron chi connectivity index (χ4n) is 8.28. The van der Waals surface area contributed by atoms with Crippen LogP contribution in [0.1, 0.15) is 290 Å². The number of aliphatic hydroxyl groups excluding tert-OH is 2. The molecule has 0 bridgehead atoms. The molecule has 0 aliphatic carbocycles. The van der Waals surface area contributed by atoms with Crippen molar-refractivity contribution in [2.24, 2.45) is 0 Å². The van der Waals surface area contributed by atoms with E-state index in [-0.39, 0.29) is 18.5 Å². The van der Waals surface area contributed by atoms with Gasteiger partial charge >= 0.3 is 5.97 Å². The second kappa shape index (κ2) is 51.0. The SMILES string of the molecule is CCCCCCCCC/C=C\CCCCCCCCCC(=O)OCCCCC/C=C\CCCCCCCC(=O)NC(CO)C(O)CCCCCCCCCCCCCCCC. The quantitative estimate of drug-likeness (QED) is 0.0322.